The van der Waals surface area contributed by atoms with Gasteiger partial charge in [0.2, 0.25) is 0 Å². The topological polar surface area (TPSA) is 58.5 Å². The van der Waals surface area contributed by atoms with Crippen LogP contribution in [0.5, 0.6) is 0 Å². The second kappa shape index (κ2) is 29.7. The summed E-state index contributed by atoms with van der Waals surface area (Å²) in [6.45, 7) is 0. The van der Waals surface area contributed by atoms with E-state index in [0.717, 1.165) is 99.9 Å². The van der Waals surface area contributed by atoms with Crippen molar-refractivity contribution in [2.24, 2.45) is 0 Å². The predicted octanol–water partition coefficient (Wildman–Crippen LogP) is 35.8. The molecule has 22 aromatic carbocycles. The first-order valence-electron chi connectivity index (χ1n) is 45.2. The second-order valence-electron chi connectivity index (χ2n) is 35.1. The van der Waals surface area contributed by atoms with Crippen LogP contribution in [0, 0.1) is 0 Å². The Balaban J connectivity index is 0.000000131. The number of benzene rings is 22. The maximum Gasteiger partial charge on any atom is 0.137 e. The van der Waals surface area contributed by atoms with E-state index < -0.39 is 0 Å². The molecule has 0 saturated carbocycles. The molecule has 0 spiro atoms. The maximum atomic E-state index is 6.81. The Morgan fingerprint density at radius 2 is 0.672 bits per heavy atom. The summed E-state index contributed by atoms with van der Waals surface area (Å²) in [5.41, 5.74) is 23.6. The Labute approximate surface area is 785 Å². The van der Waals surface area contributed by atoms with Gasteiger partial charge in [0.15, 0.2) is 0 Å². The first kappa shape index (κ1) is 75.6. The first-order valence-corrected chi connectivity index (χ1v) is 48.5. The molecule has 0 N–H and O–H groups in total. The van der Waals surface area contributed by atoms with E-state index in [1.165, 1.54) is 175 Å². The lowest BCUT2D eigenvalue weighted by atomic mass is 9.86. The van der Waals surface area contributed by atoms with Crippen molar-refractivity contribution in [3.8, 4) is 33.6 Å². The van der Waals surface area contributed by atoms with E-state index >= 15 is 0 Å². The van der Waals surface area contributed by atoms with Gasteiger partial charge in [0.1, 0.15) is 11.2 Å². The van der Waals surface area contributed by atoms with Crippen molar-refractivity contribution in [3.05, 3.63) is 431 Å². The van der Waals surface area contributed by atoms with Crippen LogP contribution in [0.15, 0.2) is 465 Å². The fraction of sp³-hybridized carbons (Fsp3) is 0. The van der Waals surface area contributed by atoms with Crippen LogP contribution in [0.4, 0.5) is 51.2 Å². The third-order valence-electron chi connectivity index (χ3n) is 27.7. The average molecular weight is 1780 g/mol. The third kappa shape index (κ3) is 11.7. The quantitative estimate of drug-likeness (QED) is 0.115. The van der Waals surface area contributed by atoms with E-state index in [2.05, 4.69) is 418 Å². The highest BCUT2D eigenvalue weighted by Crippen LogP contribution is 2.59. The molecule has 27 aromatic rings. The maximum absolute atomic E-state index is 6.81. The van der Waals surface area contributed by atoms with Gasteiger partial charge in [-0.2, -0.15) is 0 Å². The number of aromatic nitrogens is 4. The smallest absolute Gasteiger partial charge is 0.137 e. The monoisotopic (exact) mass is 1780 g/mol. The molecule has 3 aliphatic rings. The highest BCUT2D eigenvalue weighted by Gasteiger charge is 2.33. The predicted molar refractivity (Wildman–Crippen MR) is 567 cm³/mol. The number of anilines is 9. The van der Waals surface area contributed by atoms with Gasteiger partial charge in [-0.3, -0.25) is 9.97 Å². The number of pyridine rings is 2. The molecule has 134 heavy (non-hydrogen) atoms. The van der Waals surface area contributed by atoms with Gasteiger partial charge in [0.25, 0.3) is 0 Å². The van der Waals surface area contributed by atoms with Gasteiger partial charge in [-0.25, -0.2) is 0 Å². The summed E-state index contributed by atoms with van der Waals surface area (Å²) < 4.78 is 14.3. The van der Waals surface area contributed by atoms with Crippen molar-refractivity contribution in [2.75, 3.05) is 14.7 Å². The largest absolute Gasteiger partial charge is 0.456 e. The molecule has 30 rings (SSSR count). The summed E-state index contributed by atoms with van der Waals surface area (Å²) in [4.78, 5) is 24.0. The Hall–Kier alpha value is -16.2. The van der Waals surface area contributed by atoms with Crippen LogP contribution in [0.3, 0.4) is 0 Å². The second-order valence-corrected chi connectivity index (χ2v) is 39.4. The van der Waals surface area contributed by atoms with Crippen LogP contribution in [-0.4, -0.2) is 19.1 Å². The lowest BCUT2D eigenvalue weighted by Gasteiger charge is -2.34. The van der Waals surface area contributed by atoms with E-state index in [4.69, 9.17) is 14.4 Å². The van der Waals surface area contributed by atoms with Crippen molar-refractivity contribution in [1.82, 2.24) is 19.1 Å². The molecule has 0 bridgehead atoms. The van der Waals surface area contributed by atoms with E-state index in [-0.39, 0.29) is 0 Å². The molecule has 0 atom stereocenters. The molecule has 0 amide bonds. The number of hydrogen-bond acceptors (Lipinski definition) is 10. The van der Waals surface area contributed by atoms with Crippen LogP contribution >= 0.6 is 46.6 Å². The number of para-hydroxylation sites is 7. The van der Waals surface area contributed by atoms with Crippen LogP contribution in [0.25, 0.3) is 195 Å². The molecule has 3 aliphatic heterocycles. The fourth-order valence-electron chi connectivity index (χ4n) is 21.8. The van der Waals surface area contributed by atoms with Gasteiger partial charge in [-0.05, 0) is 302 Å². The minimum atomic E-state index is 0.864. The molecule has 0 aliphatic carbocycles. The van der Waals surface area contributed by atoms with E-state index in [9.17, 15) is 0 Å². The molecule has 8 heterocycles. The molecule has 624 valence electrons. The number of hydrogen-bond donors (Lipinski definition) is 0. The number of fused-ring (bicyclic) bond motifs is 22. The van der Waals surface area contributed by atoms with Crippen molar-refractivity contribution in [3.63, 3.8) is 0 Å². The van der Waals surface area contributed by atoms with E-state index in [1.807, 2.05) is 83.5 Å². The van der Waals surface area contributed by atoms with Gasteiger partial charge in [-0.15, -0.1) is 11.3 Å². The summed E-state index contributed by atoms with van der Waals surface area (Å²) >= 11 is 7.37. The van der Waals surface area contributed by atoms with Gasteiger partial charge in [-0.1, -0.05) is 242 Å². The highest BCUT2D eigenvalue weighted by atomic mass is 32.2. The van der Waals surface area contributed by atoms with Crippen molar-refractivity contribution in [2.45, 2.75) is 29.4 Å². The molecular formula is C122H71N7OS4. The summed E-state index contributed by atoms with van der Waals surface area (Å²) in [7, 11) is 0. The highest BCUT2D eigenvalue weighted by molar-refractivity contribution is 8.00. The number of nitrogens with zero attached hydrogens (tertiary/aromatic N) is 7. The van der Waals surface area contributed by atoms with Gasteiger partial charge in [0.05, 0.1) is 65.6 Å². The molecule has 0 saturated heterocycles. The zero-order chi connectivity index (χ0) is 87.5. The molecule has 0 radical (unpaired) electrons. The van der Waals surface area contributed by atoms with E-state index in [1.54, 1.807) is 0 Å². The average Bonchev–Trinajstić information content (AvgIpc) is 1.50. The normalized spacial score (nSPS) is 12.9. The zero-order valence-electron chi connectivity index (χ0n) is 71.7. The first-order chi connectivity index (χ1) is 66.4. The minimum Gasteiger partial charge on any atom is -0.456 e. The van der Waals surface area contributed by atoms with E-state index in [0.29, 0.717) is 0 Å². The lowest BCUT2D eigenvalue weighted by molar-refractivity contribution is 0.669. The molecular weight excluding hydrogens is 1710 g/mol. The minimum absolute atomic E-state index is 0.864. The molecule has 0 unspecified atom stereocenters. The Morgan fingerprint density at radius 1 is 0.209 bits per heavy atom. The Bertz CT molecular complexity index is 9640. The van der Waals surface area contributed by atoms with Gasteiger partial charge < -0.3 is 28.3 Å². The molecule has 0 fully saturated rings. The standard InChI is InChI=1S/C62H36N4OS2.C60H35N3S2/c1-2-12-38-28-42-30-55-47(29-41(42)27-37(38)11-1)48-33-60-54(34-56(48)67-55)66(53-17-5-8-20-59(53)69-60)44-22-24-46-50(32-44)62(40-14-10-26-64-36-40)45-23-21-43(31-49(45)61(46)39-13-9-25-63-35-39)65-51-15-3-6-18-57(51)68-58-19-7-4-16-52(58)65;1-2-13-41(14-3-1)61-51-35-52-57(34-47(51)60-46-28-25-37-12-10-11-36-21-24-40(33-53(60)61)59(46)58(36)37)65-56-20-9-6-17-50(56)63(52)43-27-30-45-39(32-43)23-22-38-31-42(26-29-44(38)45)62-48-15-4-7-18-54(48)64-55-19-8-5-16-49(55)62/h1-36H;1-35H. The van der Waals surface area contributed by atoms with Gasteiger partial charge in [0, 0.05) is 121 Å². The SMILES string of the molecule is c1ccc(-n2c3cc4c(cc3c3c5ccc6cccc7ccc(cc32)c5c76)sc2ccccc2n4-c2ccc3c(ccc4cc(N5c6ccccc6Sc6ccccc65)ccc43)c2)cc1.c1cncc(-c2c3ccc(N4c5ccccc5Sc5cc6c(cc54)oc4cc5cc7ccccc7cc5cc46)cc3c(-c3cccnc3)c3ccc(N4c5ccccc5Sc5ccccc54)cc23)c1. The van der Waals surface area contributed by atoms with Gasteiger partial charge >= 0.3 is 0 Å². The van der Waals surface area contributed by atoms with Crippen molar-refractivity contribution >= 4 is 259 Å². The molecule has 12 heteroatoms. The summed E-state index contributed by atoms with van der Waals surface area (Å²) in [6, 6.07) is 150. The van der Waals surface area contributed by atoms with Crippen LogP contribution in [0.2, 0.25) is 0 Å². The molecule has 5 aromatic heterocycles. The lowest BCUT2D eigenvalue weighted by Crippen LogP contribution is -2.15. The van der Waals surface area contributed by atoms with Crippen molar-refractivity contribution in [1.29, 1.82) is 0 Å². The fourth-order valence-corrected chi connectivity index (χ4v) is 26.1. The van der Waals surface area contributed by atoms with Crippen LogP contribution in [0.1, 0.15) is 0 Å². The molecule has 8 nitrogen and oxygen atoms in total. The Morgan fingerprint density at radius 3 is 1.27 bits per heavy atom. The number of rotatable bonds is 7. The Kier molecular flexibility index (Phi) is 16.7. The third-order valence-corrected chi connectivity index (χ3v) is 32.1. The summed E-state index contributed by atoms with van der Waals surface area (Å²) in [6.07, 6.45) is 7.71. The van der Waals surface area contributed by atoms with Crippen LogP contribution < -0.4 is 14.7 Å². The van der Waals surface area contributed by atoms with Crippen LogP contribution in [-0.2, 0) is 0 Å². The van der Waals surface area contributed by atoms with Crippen molar-refractivity contribution < 1.29 is 4.42 Å². The number of furan rings is 1. The summed E-state index contributed by atoms with van der Waals surface area (Å²) in [5.74, 6) is 0. The summed E-state index contributed by atoms with van der Waals surface area (Å²) in [5, 5.41) is 27.0. The zero-order valence-corrected chi connectivity index (χ0v) is 74.9.